The Morgan fingerprint density at radius 2 is 1.74 bits per heavy atom. The first kappa shape index (κ1) is 28.8. The zero-order chi connectivity index (χ0) is 27.9. The van der Waals surface area contributed by atoms with Crippen molar-refractivity contribution in [3.63, 3.8) is 0 Å². The van der Waals surface area contributed by atoms with Crippen LogP contribution in [0.3, 0.4) is 0 Å². The van der Waals surface area contributed by atoms with Gasteiger partial charge >= 0.3 is 5.97 Å². The number of ether oxygens (including phenoxy) is 4. The summed E-state index contributed by atoms with van der Waals surface area (Å²) < 4.78 is 22.9. The molecular formula is C28H23ClINO7S. The van der Waals surface area contributed by atoms with E-state index in [1.54, 1.807) is 61.5 Å². The zero-order valence-electron chi connectivity index (χ0n) is 20.9. The Balaban J connectivity index is 1.50. The smallest absolute Gasteiger partial charge is 0.345 e. The number of benzene rings is 3. The molecule has 2 amide bonds. The van der Waals surface area contributed by atoms with E-state index >= 15 is 0 Å². The molecule has 202 valence electrons. The van der Waals surface area contributed by atoms with E-state index in [0.717, 1.165) is 16.7 Å². The van der Waals surface area contributed by atoms with Gasteiger partial charge in [-0.3, -0.25) is 14.5 Å². The number of halogens is 2. The molecule has 8 nitrogen and oxygen atoms in total. The van der Waals surface area contributed by atoms with E-state index in [-0.39, 0.29) is 39.6 Å². The molecule has 0 atom stereocenters. The van der Waals surface area contributed by atoms with Crippen LogP contribution in [0, 0.1) is 3.57 Å². The number of hydrogen-bond acceptors (Lipinski definition) is 8. The van der Waals surface area contributed by atoms with Gasteiger partial charge in [-0.05, 0) is 89.3 Å². The number of para-hydroxylation sites is 2. The molecule has 0 saturated carbocycles. The predicted molar refractivity (Wildman–Crippen MR) is 158 cm³/mol. The van der Waals surface area contributed by atoms with E-state index in [0.29, 0.717) is 33.0 Å². The first-order valence-corrected chi connectivity index (χ1v) is 14.0. The summed E-state index contributed by atoms with van der Waals surface area (Å²) in [7, 11) is 1.54. The van der Waals surface area contributed by atoms with Gasteiger partial charge in [0.25, 0.3) is 11.1 Å². The van der Waals surface area contributed by atoms with Gasteiger partial charge in [0.15, 0.2) is 23.0 Å². The van der Waals surface area contributed by atoms with Crippen LogP contribution < -0.4 is 18.9 Å². The van der Waals surface area contributed by atoms with Gasteiger partial charge in [-0.2, -0.15) is 0 Å². The number of thioether (sulfide) groups is 1. The Morgan fingerprint density at radius 1 is 1.03 bits per heavy atom. The number of imide groups is 1. The monoisotopic (exact) mass is 679 g/mol. The quantitative estimate of drug-likeness (QED) is 0.101. The van der Waals surface area contributed by atoms with Crippen molar-refractivity contribution in [1.29, 1.82) is 0 Å². The van der Waals surface area contributed by atoms with Crippen molar-refractivity contribution in [3.05, 3.63) is 85.3 Å². The summed E-state index contributed by atoms with van der Waals surface area (Å²) in [4.78, 5) is 39.7. The predicted octanol–water partition coefficient (Wildman–Crippen LogP) is 6.69. The minimum atomic E-state index is -0.622. The average molecular weight is 680 g/mol. The van der Waals surface area contributed by atoms with Crippen LogP contribution in [0.5, 0.6) is 23.0 Å². The molecule has 1 saturated heterocycles. The Bertz CT molecular complexity index is 1450. The second kappa shape index (κ2) is 13.2. The van der Waals surface area contributed by atoms with Crippen molar-refractivity contribution >= 4 is 69.1 Å². The third kappa shape index (κ3) is 6.87. The van der Waals surface area contributed by atoms with Gasteiger partial charge in [-0.1, -0.05) is 35.9 Å². The zero-order valence-corrected chi connectivity index (χ0v) is 24.7. The van der Waals surface area contributed by atoms with Gasteiger partial charge in [0.05, 0.1) is 39.3 Å². The van der Waals surface area contributed by atoms with Crippen LogP contribution >= 0.6 is 46.0 Å². The maximum atomic E-state index is 13.0. The Hall–Kier alpha value is -3.22. The second-order valence-corrected chi connectivity index (χ2v) is 10.5. The maximum Gasteiger partial charge on any atom is 0.345 e. The van der Waals surface area contributed by atoms with Crippen molar-refractivity contribution in [1.82, 2.24) is 4.90 Å². The Labute approximate surface area is 248 Å². The first-order chi connectivity index (χ1) is 18.8. The largest absolute Gasteiger partial charge is 0.493 e. The third-order valence-corrected chi connectivity index (χ3v) is 7.47. The van der Waals surface area contributed by atoms with Gasteiger partial charge in [0.1, 0.15) is 6.61 Å². The fourth-order valence-corrected chi connectivity index (χ4v) is 5.45. The van der Waals surface area contributed by atoms with E-state index in [2.05, 4.69) is 0 Å². The van der Waals surface area contributed by atoms with Gasteiger partial charge in [-0.15, -0.1) is 0 Å². The topological polar surface area (TPSA) is 91.4 Å². The molecular weight excluding hydrogens is 657 g/mol. The van der Waals surface area contributed by atoms with Crippen molar-refractivity contribution in [3.8, 4) is 23.0 Å². The number of nitrogens with zero attached hydrogens (tertiary/aromatic N) is 1. The van der Waals surface area contributed by atoms with Crippen molar-refractivity contribution < 1.29 is 33.3 Å². The lowest BCUT2D eigenvalue weighted by Crippen LogP contribution is -2.32. The van der Waals surface area contributed by atoms with E-state index < -0.39 is 11.9 Å². The minimum absolute atomic E-state index is 0.0821. The molecule has 11 heteroatoms. The Kier molecular flexibility index (Phi) is 9.76. The highest BCUT2D eigenvalue weighted by atomic mass is 127. The number of carbonyl (C=O) groups excluding carboxylic acids is 3. The van der Waals surface area contributed by atoms with E-state index in [1.165, 1.54) is 7.11 Å². The van der Waals surface area contributed by atoms with Gasteiger partial charge in [0.2, 0.25) is 0 Å². The van der Waals surface area contributed by atoms with Crippen LogP contribution in [-0.4, -0.2) is 48.9 Å². The van der Waals surface area contributed by atoms with E-state index in [9.17, 15) is 14.4 Å². The van der Waals surface area contributed by atoms with Gasteiger partial charge < -0.3 is 18.9 Å². The molecule has 0 N–H and O–H groups in total. The summed E-state index contributed by atoms with van der Waals surface area (Å²) in [5, 5.41) is -0.115. The van der Waals surface area contributed by atoms with Crippen molar-refractivity contribution in [2.75, 3.05) is 26.9 Å². The van der Waals surface area contributed by atoms with Crippen LogP contribution in [0.1, 0.15) is 22.8 Å². The minimum Gasteiger partial charge on any atom is -0.493 e. The first-order valence-electron chi connectivity index (χ1n) is 11.8. The molecule has 3 aromatic carbocycles. The number of hydrogen-bond donors (Lipinski definition) is 0. The van der Waals surface area contributed by atoms with Crippen LogP contribution in [-0.2, 0) is 4.79 Å². The number of methoxy groups -OCH3 is 1. The highest BCUT2D eigenvalue weighted by Crippen LogP contribution is 2.38. The summed E-state index contributed by atoms with van der Waals surface area (Å²) in [6.07, 6.45) is 1.61. The van der Waals surface area contributed by atoms with Crippen LogP contribution in [0.2, 0.25) is 5.02 Å². The molecule has 0 spiro atoms. The molecule has 1 aliphatic rings. The molecule has 1 fully saturated rings. The summed E-state index contributed by atoms with van der Waals surface area (Å²) in [6, 6.07) is 17.1. The number of carbonyl (C=O) groups is 3. The summed E-state index contributed by atoms with van der Waals surface area (Å²) >= 11 is 9.01. The van der Waals surface area contributed by atoms with Crippen LogP contribution in [0.25, 0.3) is 6.08 Å². The molecule has 4 rings (SSSR count). The summed E-state index contributed by atoms with van der Waals surface area (Å²) in [5.74, 6) is 0.601. The maximum absolute atomic E-state index is 13.0. The second-order valence-electron chi connectivity index (χ2n) is 7.97. The highest BCUT2D eigenvalue weighted by molar-refractivity contribution is 14.1. The molecule has 3 aromatic rings. The summed E-state index contributed by atoms with van der Waals surface area (Å²) in [6.45, 7) is 2.32. The molecule has 1 heterocycles. The molecule has 39 heavy (non-hydrogen) atoms. The van der Waals surface area contributed by atoms with Crippen LogP contribution in [0.4, 0.5) is 4.79 Å². The molecule has 0 aromatic heterocycles. The molecule has 0 radical (unpaired) electrons. The molecule has 0 unspecified atom stereocenters. The lowest BCUT2D eigenvalue weighted by Gasteiger charge is -2.15. The Morgan fingerprint density at radius 3 is 2.46 bits per heavy atom. The lowest BCUT2D eigenvalue weighted by atomic mass is 10.1. The standard InChI is InChI=1S/C28H23ClINO7S/c1-3-36-23-15-17(14-20(30)25(23)38-27(33)18-8-4-5-9-19(18)29)16-24-26(32)31(28(34)39-24)12-13-37-22-11-7-6-10-21(22)35-2/h4-11,14-16H,3,12-13H2,1-2H3/b24-16-. The van der Waals surface area contributed by atoms with Gasteiger partial charge in [0, 0.05) is 0 Å². The number of rotatable bonds is 10. The van der Waals surface area contributed by atoms with Gasteiger partial charge in [-0.25, -0.2) is 4.79 Å². The molecule has 0 aliphatic carbocycles. The molecule has 1 aliphatic heterocycles. The highest BCUT2D eigenvalue weighted by Gasteiger charge is 2.35. The fraction of sp³-hybridized carbons (Fsp3) is 0.179. The normalized spacial score (nSPS) is 14.1. The van der Waals surface area contributed by atoms with Crippen molar-refractivity contribution in [2.24, 2.45) is 0 Å². The SMILES string of the molecule is CCOc1cc(/C=C2\SC(=O)N(CCOc3ccccc3OC)C2=O)cc(I)c1OC(=O)c1ccccc1Cl. The van der Waals surface area contributed by atoms with Crippen molar-refractivity contribution in [2.45, 2.75) is 6.92 Å². The fourth-order valence-electron chi connectivity index (χ4n) is 3.64. The number of amides is 2. The average Bonchev–Trinajstić information content (AvgIpc) is 3.18. The number of esters is 1. The lowest BCUT2D eigenvalue weighted by molar-refractivity contribution is -0.123. The van der Waals surface area contributed by atoms with Crippen LogP contribution in [0.15, 0.2) is 65.6 Å². The van der Waals surface area contributed by atoms with E-state index in [4.69, 9.17) is 30.5 Å². The molecule has 0 bridgehead atoms. The summed E-state index contributed by atoms with van der Waals surface area (Å²) in [5.41, 5.74) is 0.834. The third-order valence-electron chi connectivity index (χ3n) is 5.43. The van der Waals surface area contributed by atoms with E-state index in [1.807, 2.05) is 34.7 Å².